The lowest BCUT2D eigenvalue weighted by Gasteiger charge is -2.05. The van der Waals surface area contributed by atoms with Crippen LogP contribution in [-0.4, -0.2) is 47.4 Å². The van der Waals surface area contributed by atoms with Gasteiger partial charge < -0.3 is 11.1 Å². The Hall–Kier alpha value is -3.42. The van der Waals surface area contributed by atoms with Crippen LogP contribution in [0.3, 0.4) is 0 Å². The minimum absolute atomic E-state index is 0.347. The molecule has 13 heteroatoms. The molecule has 3 N–H and O–H groups in total. The summed E-state index contributed by atoms with van der Waals surface area (Å²) in [5.41, 5.74) is 9.68. The summed E-state index contributed by atoms with van der Waals surface area (Å²) in [6.07, 6.45) is 16.5. The predicted octanol–water partition coefficient (Wildman–Crippen LogP) is 7.54. The van der Waals surface area contributed by atoms with Crippen LogP contribution in [0.25, 0.3) is 38.4 Å². The molecule has 0 aliphatic rings. The van der Waals surface area contributed by atoms with Gasteiger partial charge >= 0.3 is 0 Å². The molecule has 0 atom stereocenters. The first kappa shape index (κ1) is 35.4. The summed E-state index contributed by atoms with van der Waals surface area (Å²) in [7, 11) is 0. The summed E-state index contributed by atoms with van der Waals surface area (Å²) in [5, 5.41) is 6.60. The van der Waals surface area contributed by atoms with Gasteiger partial charge in [-0.1, -0.05) is 23.4 Å². The van der Waals surface area contributed by atoms with Crippen LogP contribution in [0, 0.1) is 42.3 Å². The van der Waals surface area contributed by atoms with E-state index in [9.17, 15) is 0 Å². The highest BCUT2D eigenvalue weighted by Gasteiger charge is 2.06. The minimum Gasteiger partial charge on any atom is -0.359 e. The Morgan fingerprint density at radius 1 is 0.761 bits per heavy atom. The summed E-state index contributed by atoms with van der Waals surface area (Å²) in [5.74, 6) is 5.52. The van der Waals surface area contributed by atoms with Crippen molar-refractivity contribution in [2.45, 2.75) is 6.92 Å². The van der Waals surface area contributed by atoms with E-state index in [1.165, 1.54) is 16.2 Å². The number of nitrogens with one attached hydrogen (secondary N) is 1. The molecule has 9 nitrogen and oxygen atoms in total. The van der Waals surface area contributed by atoms with Crippen LogP contribution in [0.1, 0.15) is 5.69 Å². The van der Waals surface area contributed by atoms with Crippen molar-refractivity contribution < 1.29 is 0 Å². The molecule has 3 aromatic carbocycles. The summed E-state index contributed by atoms with van der Waals surface area (Å²) in [4.78, 5) is 25.1. The Kier molecular flexibility index (Phi) is 13.5. The Labute approximate surface area is 312 Å². The molecule has 0 unspecified atom stereocenters. The van der Waals surface area contributed by atoms with Gasteiger partial charge in [0.25, 0.3) is 0 Å². The van der Waals surface area contributed by atoms with E-state index in [1.54, 1.807) is 0 Å². The number of nitrogens with zero attached hydrogens (tertiary/aromatic N) is 7. The number of fused-ring (bicyclic) bond motifs is 5. The maximum Gasteiger partial charge on any atom is 0.147 e. The lowest BCUT2D eigenvalue weighted by molar-refractivity contribution is 1.06. The molecule has 0 saturated carbocycles. The maximum absolute atomic E-state index is 5.87. The molecular formula is C33H25ClI3N9. The second-order valence-electron chi connectivity index (χ2n) is 9.17. The molecule has 4 aromatic heterocycles. The van der Waals surface area contributed by atoms with E-state index in [0.717, 1.165) is 57.0 Å². The second kappa shape index (κ2) is 17.5. The van der Waals surface area contributed by atoms with Gasteiger partial charge in [0.15, 0.2) is 0 Å². The molecule has 0 aliphatic heterocycles. The van der Waals surface area contributed by atoms with E-state index in [-0.39, 0.29) is 0 Å². The average Bonchev–Trinajstić information content (AvgIpc) is 3.45. The highest BCUT2D eigenvalue weighted by molar-refractivity contribution is 14.1. The zero-order valence-electron chi connectivity index (χ0n) is 24.3. The first-order valence-corrected chi connectivity index (χ1v) is 17.0. The summed E-state index contributed by atoms with van der Waals surface area (Å²) in [6, 6.07) is 18.1. The van der Waals surface area contributed by atoms with Crippen molar-refractivity contribution in [3.8, 4) is 24.7 Å². The van der Waals surface area contributed by atoms with Crippen molar-refractivity contribution in [3.63, 3.8) is 0 Å². The van der Waals surface area contributed by atoms with Gasteiger partial charge in [-0.2, -0.15) is 0 Å². The number of hydrogen-bond donors (Lipinski definition) is 2. The lowest BCUT2D eigenvalue weighted by Crippen LogP contribution is -2.02. The highest BCUT2D eigenvalue weighted by Crippen LogP contribution is 2.23. The topological polar surface area (TPSA) is 120 Å². The van der Waals surface area contributed by atoms with Gasteiger partial charge in [-0.05, 0) is 129 Å². The number of imidazole rings is 1. The fourth-order valence-corrected chi connectivity index (χ4v) is 5.68. The molecule has 0 aliphatic carbocycles. The van der Waals surface area contributed by atoms with Crippen molar-refractivity contribution in [2.24, 2.45) is 5.73 Å². The third-order valence-corrected chi connectivity index (χ3v) is 8.43. The zero-order chi connectivity index (χ0) is 33.1. The number of anilines is 1. The first-order valence-electron chi connectivity index (χ1n) is 13.4. The molecule has 230 valence electrons. The standard InChI is InChI=1S/2C11H8IN3.C8H4ClIN2.C3H5N/c1-7-5-13-11-9-4-8(12)2-3-10(9)14-6-15(7)11;1-2-5-13-11-9-6-8(12)3-4-10(9)14-7-15-11;9-8-6-3-5(10)1-2-7(6)11-4-12-8;1-2-3-4/h2-6H,1H3;1,3-4,6-7H,5H2,(H,13,14,15);1-4H;1H,3-4H2. The maximum atomic E-state index is 5.87. The Bertz CT molecular complexity index is 2210. The Morgan fingerprint density at radius 2 is 1.30 bits per heavy atom. The van der Waals surface area contributed by atoms with Crippen molar-refractivity contribution in [1.29, 1.82) is 0 Å². The van der Waals surface area contributed by atoms with Gasteiger partial charge in [0.05, 0.1) is 29.6 Å². The zero-order valence-corrected chi connectivity index (χ0v) is 31.5. The smallest absolute Gasteiger partial charge is 0.147 e. The molecule has 7 aromatic rings. The molecule has 4 heterocycles. The van der Waals surface area contributed by atoms with Crippen molar-refractivity contribution >= 4 is 124 Å². The number of nitrogens with two attached hydrogens (primary N) is 1. The molecule has 0 saturated heterocycles. The number of halogens is 4. The fourth-order valence-electron chi connectivity index (χ4n) is 4.01. The van der Waals surface area contributed by atoms with Gasteiger partial charge in [-0.3, -0.25) is 4.40 Å². The molecule has 0 spiro atoms. The average molecular weight is 964 g/mol. The Balaban J connectivity index is 0.000000149. The van der Waals surface area contributed by atoms with Crippen LogP contribution in [-0.2, 0) is 0 Å². The molecule has 0 fully saturated rings. The number of hydrogen-bond acceptors (Lipinski definition) is 8. The fraction of sp³-hybridized carbons (Fsp3) is 0.0909. The van der Waals surface area contributed by atoms with Gasteiger partial charge in [-0.25, -0.2) is 29.9 Å². The number of benzene rings is 3. The van der Waals surface area contributed by atoms with E-state index in [4.69, 9.17) is 23.8 Å². The molecule has 0 amide bonds. The van der Waals surface area contributed by atoms with Crippen molar-refractivity contribution in [1.82, 2.24) is 34.3 Å². The highest BCUT2D eigenvalue weighted by atomic mass is 127. The van der Waals surface area contributed by atoms with Crippen LogP contribution < -0.4 is 11.1 Å². The van der Waals surface area contributed by atoms with Crippen LogP contribution in [0.2, 0.25) is 5.15 Å². The Morgan fingerprint density at radius 3 is 1.91 bits per heavy atom. The summed E-state index contributed by atoms with van der Waals surface area (Å²) < 4.78 is 5.50. The predicted molar refractivity (Wildman–Crippen MR) is 213 cm³/mol. The van der Waals surface area contributed by atoms with Crippen LogP contribution >= 0.6 is 79.4 Å². The first-order chi connectivity index (χ1) is 22.2. The largest absolute Gasteiger partial charge is 0.359 e. The monoisotopic (exact) mass is 963 g/mol. The number of terminal acetylenes is 2. The van der Waals surface area contributed by atoms with Gasteiger partial charge in [-0.15, -0.1) is 12.8 Å². The van der Waals surface area contributed by atoms with Crippen molar-refractivity contribution in [3.05, 3.63) is 101 Å². The van der Waals surface area contributed by atoms with E-state index < -0.39 is 0 Å². The van der Waals surface area contributed by atoms with Gasteiger partial charge in [0.1, 0.15) is 35.6 Å². The lowest BCUT2D eigenvalue weighted by atomic mass is 10.2. The van der Waals surface area contributed by atoms with E-state index in [0.29, 0.717) is 18.2 Å². The molecule has 7 rings (SSSR count). The number of aromatic nitrogens is 7. The van der Waals surface area contributed by atoms with Crippen LogP contribution in [0.5, 0.6) is 0 Å². The third-order valence-electron chi connectivity index (χ3n) is 6.12. The minimum atomic E-state index is 0.347. The second-order valence-corrected chi connectivity index (χ2v) is 13.3. The van der Waals surface area contributed by atoms with Crippen molar-refractivity contribution in [2.75, 3.05) is 18.4 Å². The summed E-state index contributed by atoms with van der Waals surface area (Å²) in [6.45, 7) is 2.85. The van der Waals surface area contributed by atoms with Crippen LogP contribution in [0.4, 0.5) is 5.82 Å². The number of rotatable bonds is 2. The summed E-state index contributed by atoms with van der Waals surface area (Å²) >= 11 is 12.7. The molecule has 0 radical (unpaired) electrons. The molecule has 0 bridgehead atoms. The normalized spacial score (nSPS) is 10.1. The third kappa shape index (κ3) is 9.32. The van der Waals surface area contributed by atoms with Crippen LogP contribution in [0.15, 0.2) is 79.8 Å². The molecule has 46 heavy (non-hydrogen) atoms. The van der Waals surface area contributed by atoms with E-state index in [2.05, 4.69) is 133 Å². The van der Waals surface area contributed by atoms with Gasteiger partial charge in [0.2, 0.25) is 0 Å². The molecular weight excluding hydrogens is 939 g/mol. The van der Waals surface area contributed by atoms with Gasteiger partial charge in [0, 0.05) is 38.8 Å². The van der Waals surface area contributed by atoms with E-state index >= 15 is 0 Å². The van der Waals surface area contributed by atoms with E-state index in [1.807, 2.05) is 66.3 Å². The quantitative estimate of drug-likeness (QED) is 0.104. The number of aryl methyl sites for hydroxylation is 1. The SMILES string of the molecule is C#CCN.C#CCNc1ncnc2ccc(I)cc12.Cc1cnc2c3cc(I)ccc3ncn12.Clc1ncnc2ccc(I)cc12.